The van der Waals surface area contributed by atoms with Crippen LogP contribution in [-0.4, -0.2) is 34.5 Å². The minimum atomic E-state index is -0.534. The molecule has 1 unspecified atom stereocenters. The average molecular weight is 247 g/mol. The molecule has 3 rings (SSSR count). The average Bonchev–Trinajstić information content (AvgIpc) is 2.96. The summed E-state index contributed by atoms with van der Waals surface area (Å²) in [4.78, 5) is 4.63. The molecule has 1 saturated heterocycles. The normalized spacial score (nSPS) is 23.9. The predicted octanol–water partition coefficient (Wildman–Crippen LogP) is 0.603. The smallest absolute Gasteiger partial charge is 0.132 e. The number of aliphatic hydroxyl groups is 1. The first-order chi connectivity index (χ1) is 8.74. The third-order valence-corrected chi connectivity index (χ3v) is 3.48. The largest absolute Gasteiger partial charge is 0.395 e. The Bertz CT molecular complexity index is 558. The zero-order valence-electron chi connectivity index (χ0n) is 10.2. The Morgan fingerprint density at radius 1 is 1.44 bits per heavy atom. The predicted molar refractivity (Wildman–Crippen MR) is 68.1 cm³/mol. The van der Waals surface area contributed by atoms with Gasteiger partial charge in [0.15, 0.2) is 0 Å². The standard InChI is InChI=1S/C13H17N3O2/c14-13(5-8-18-9-13)12-15-10-3-1-2-4-11(10)16(12)6-7-17/h1-4,17H,5-9,14H2. The molecule has 0 amide bonds. The number of hydrogen-bond acceptors (Lipinski definition) is 4. The second-order valence-electron chi connectivity index (χ2n) is 4.76. The molecule has 3 N–H and O–H groups in total. The molecule has 0 aliphatic carbocycles. The van der Waals surface area contributed by atoms with Crippen LogP contribution in [0.25, 0.3) is 11.0 Å². The highest BCUT2D eigenvalue weighted by molar-refractivity contribution is 5.76. The first kappa shape index (κ1) is 11.6. The van der Waals surface area contributed by atoms with Gasteiger partial charge in [0.2, 0.25) is 0 Å². The summed E-state index contributed by atoms with van der Waals surface area (Å²) in [5.41, 5.74) is 7.78. The van der Waals surface area contributed by atoms with Gasteiger partial charge in [-0.1, -0.05) is 12.1 Å². The Balaban J connectivity index is 2.18. The number of hydrogen-bond donors (Lipinski definition) is 2. The van der Waals surface area contributed by atoms with E-state index in [0.29, 0.717) is 19.8 Å². The maximum Gasteiger partial charge on any atom is 0.132 e. The molecule has 0 spiro atoms. The number of imidazole rings is 1. The molecular formula is C13H17N3O2. The first-order valence-corrected chi connectivity index (χ1v) is 6.18. The Hall–Kier alpha value is -1.43. The van der Waals surface area contributed by atoms with Crippen molar-refractivity contribution in [3.05, 3.63) is 30.1 Å². The lowest BCUT2D eigenvalue weighted by molar-refractivity contribution is 0.174. The van der Waals surface area contributed by atoms with Crippen molar-refractivity contribution in [1.29, 1.82) is 0 Å². The molecular weight excluding hydrogens is 230 g/mol. The summed E-state index contributed by atoms with van der Waals surface area (Å²) in [6.45, 7) is 1.74. The second kappa shape index (κ2) is 4.35. The fraction of sp³-hybridized carbons (Fsp3) is 0.462. The van der Waals surface area contributed by atoms with Crippen LogP contribution < -0.4 is 5.73 Å². The number of nitrogens with zero attached hydrogens (tertiary/aromatic N) is 2. The van der Waals surface area contributed by atoms with E-state index in [2.05, 4.69) is 4.98 Å². The first-order valence-electron chi connectivity index (χ1n) is 6.18. The van der Waals surface area contributed by atoms with Crippen LogP contribution in [0.5, 0.6) is 0 Å². The zero-order chi connectivity index (χ0) is 12.6. The number of aliphatic hydroxyl groups excluding tert-OH is 1. The van der Waals surface area contributed by atoms with E-state index >= 15 is 0 Å². The van der Waals surface area contributed by atoms with Crippen LogP contribution in [0.4, 0.5) is 0 Å². The van der Waals surface area contributed by atoms with Crippen molar-refractivity contribution >= 4 is 11.0 Å². The van der Waals surface area contributed by atoms with Gasteiger partial charge in [-0.15, -0.1) is 0 Å². The third kappa shape index (κ3) is 1.71. The fourth-order valence-corrected chi connectivity index (χ4v) is 2.54. The van der Waals surface area contributed by atoms with Crippen LogP contribution in [0.15, 0.2) is 24.3 Å². The van der Waals surface area contributed by atoms with Gasteiger partial charge in [-0.05, 0) is 18.6 Å². The number of aromatic nitrogens is 2. The van der Waals surface area contributed by atoms with Crippen molar-refractivity contribution in [1.82, 2.24) is 9.55 Å². The summed E-state index contributed by atoms with van der Waals surface area (Å²) in [6.07, 6.45) is 0.766. The van der Waals surface area contributed by atoms with Crippen molar-refractivity contribution < 1.29 is 9.84 Å². The van der Waals surface area contributed by atoms with Gasteiger partial charge in [0.1, 0.15) is 11.4 Å². The topological polar surface area (TPSA) is 73.3 Å². The van der Waals surface area contributed by atoms with Gasteiger partial charge in [-0.25, -0.2) is 4.98 Å². The molecule has 0 saturated carbocycles. The Kier molecular flexibility index (Phi) is 2.81. The SMILES string of the molecule is NC1(c2nc3ccccc3n2CCO)CCOC1. The lowest BCUT2D eigenvalue weighted by Crippen LogP contribution is -2.40. The van der Waals surface area contributed by atoms with E-state index in [1.54, 1.807) is 0 Å². The molecule has 1 aliphatic rings. The lowest BCUT2D eigenvalue weighted by Gasteiger charge is -2.22. The van der Waals surface area contributed by atoms with Crippen LogP contribution in [0.2, 0.25) is 0 Å². The van der Waals surface area contributed by atoms with E-state index in [-0.39, 0.29) is 6.61 Å². The zero-order valence-corrected chi connectivity index (χ0v) is 10.2. The van der Waals surface area contributed by atoms with Gasteiger partial charge in [-0.3, -0.25) is 0 Å². The van der Waals surface area contributed by atoms with E-state index in [1.165, 1.54) is 0 Å². The summed E-state index contributed by atoms with van der Waals surface area (Å²) in [5, 5.41) is 9.23. The van der Waals surface area contributed by atoms with Gasteiger partial charge < -0.3 is 20.1 Å². The van der Waals surface area contributed by atoms with Crippen molar-refractivity contribution in [2.75, 3.05) is 19.8 Å². The highest BCUT2D eigenvalue weighted by atomic mass is 16.5. The van der Waals surface area contributed by atoms with Gasteiger partial charge in [-0.2, -0.15) is 0 Å². The number of benzene rings is 1. The monoisotopic (exact) mass is 247 g/mol. The van der Waals surface area contributed by atoms with Crippen molar-refractivity contribution in [2.24, 2.45) is 5.73 Å². The molecule has 0 radical (unpaired) electrons. The number of nitrogens with two attached hydrogens (primary N) is 1. The van der Waals surface area contributed by atoms with E-state index in [1.807, 2.05) is 28.8 Å². The van der Waals surface area contributed by atoms with Crippen LogP contribution in [-0.2, 0) is 16.8 Å². The van der Waals surface area contributed by atoms with Crippen molar-refractivity contribution in [2.45, 2.75) is 18.5 Å². The molecule has 2 aromatic rings. The van der Waals surface area contributed by atoms with Gasteiger partial charge in [0, 0.05) is 13.2 Å². The Morgan fingerprint density at radius 3 is 3.00 bits per heavy atom. The molecule has 1 aliphatic heterocycles. The highest BCUT2D eigenvalue weighted by Gasteiger charge is 2.37. The quantitative estimate of drug-likeness (QED) is 0.833. The van der Waals surface area contributed by atoms with Crippen LogP contribution in [0.1, 0.15) is 12.2 Å². The van der Waals surface area contributed by atoms with Crippen molar-refractivity contribution in [3.8, 4) is 0 Å². The molecule has 18 heavy (non-hydrogen) atoms. The van der Waals surface area contributed by atoms with Crippen LogP contribution in [0.3, 0.4) is 0 Å². The Morgan fingerprint density at radius 2 is 2.28 bits per heavy atom. The molecule has 0 bridgehead atoms. The second-order valence-corrected chi connectivity index (χ2v) is 4.76. The van der Waals surface area contributed by atoms with E-state index < -0.39 is 5.54 Å². The van der Waals surface area contributed by atoms with Gasteiger partial charge in [0.05, 0.1) is 24.2 Å². The molecule has 1 atom stereocenters. The fourth-order valence-electron chi connectivity index (χ4n) is 2.54. The van der Waals surface area contributed by atoms with Gasteiger partial charge in [0.25, 0.3) is 0 Å². The summed E-state index contributed by atoms with van der Waals surface area (Å²) >= 11 is 0. The summed E-state index contributed by atoms with van der Waals surface area (Å²) in [7, 11) is 0. The van der Waals surface area contributed by atoms with Gasteiger partial charge >= 0.3 is 0 Å². The number of rotatable bonds is 3. The van der Waals surface area contributed by atoms with E-state index in [4.69, 9.17) is 10.5 Å². The maximum absolute atomic E-state index is 9.23. The van der Waals surface area contributed by atoms with Crippen molar-refractivity contribution in [3.63, 3.8) is 0 Å². The maximum atomic E-state index is 9.23. The van der Waals surface area contributed by atoms with Crippen LogP contribution in [0, 0.1) is 0 Å². The summed E-state index contributed by atoms with van der Waals surface area (Å²) in [5.74, 6) is 0.815. The molecule has 96 valence electrons. The molecule has 2 heterocycles. The Labute approximate surface area is 105 Å². The third-order valence-electron chi connectivity index (χ3n) is 3.48. The number of ether oxygens (including phenoxy) is 1. The minimum Gasteiger partial charge on any atom is -0.395 e. The molecule has 5 nitrogen and oxygen atoms in total. The highest BCUT2D eigenvalue weighted by Crippen LogP contribution is 2.29. The molecule has 1 fully saturated rings. The number of fused-ring (bicyclic) bond motifs is 1. The molecule has 1 aromatic carbocycles. The summed E-state index contributed by atoms with van der Waals surface area (Å²) in [6, 6.07) is 7.89. The number of para-hydroxylation sites is 2. The van der Waals surface area contributed by atoms with E-state index in [0.717, 1.165) is 23.3 Å². The van der Waals surface area contributed by atoms with E-state index in [9.17, 15) is 5.11 Å². The molecule has 5 heteroatoms. The minimum absolute atomic E-state index is 0.0737. The molecule has 1 aromatic heterocycles. The van der Waals surface area contributed by atoms with Crippen LogP contribution >= 0.6 is 0 Å². The lowest BCUT2D eigenvalue weighted by atomic mass is 9.99. The summed E-state index contributed by atoms with van der Waals surface area (Å²) < 4.78 is 7.41.